The molecule has 0 spiro atoms. The molecular formula is C27H23F3N4O3. The predicted octanol–water partition coefficient (Wildman–Crippen LogP) is 5.03. The van der Waals surface area contributed by atoms with Gasteiger partial charge in [0.05, 0.1) is 5.69 Å². The van der Waals surface area contributed by atoms with Crippen molar-refractivity contribution in [1.29, 1.82) is 0 Å². The van der Waals surface area contributed by atoms with Crippen LogP contribution in [0.25, 0.3) is 22.4 Å². The Morgan fingerprint density at radius 2 is 1.49 bits per heavy atom. The molecule has 4 aromatic rings. The van der Waals surface area contributed by atoms with Gasteiger partial charge < -0.3 is 21.3 Å². The molecule has 0 fully saturated rings. The molecule has 0 aliphatic heterocycles. The standard InChI is InChI=1S/C27H23F3N4O3/c28-27(29,30)24(20-12-10-18(11-13-20)17-4-2-1-3-5-17)37-23-15-22(33-26(32)34-23)19-8-6-16(7-9-19)14-21(31)25(35)36/h1-13,15,21,24H,14,31H2,(H,35,36)(H2,32,33,34)/t21-,24+/m0/s1. The normalized spacial score (nSPS) is 13.1. The summed E-state index contributed by atoms with van der Waals surface area (Å²) in [6, 6.07) is 22.0. The lowest BCUT2D eigenvalue weighted by molar-refractivity contribution is -0.198. The van der Waals surface area contributed by atoms with E-state index in [0.717, 1.165) is 11.1 Å². The molecule has 5 N–H and O–H groups in total. The third-order valence-corrected chi connectivity index (χ3v) is 5.60. The summed E-state index contributed by atoms with van der Waals surface area (Å²) in [6.07, 6.45) is -6.88. The zero-order valence-electron chi connectivity index (χ0n) is 19.4. The maximum Gasteiger partial charge on any atom is 0.429 e. The highest BCUT2D eigenvalue weighted by atomic mass is 19.4. The monoisotopic (exact) mass is 508 g/mol. The Morgan fingerprint density at radius 3 is 2.08 bits per heavy atom. The highest BCUT2D eigenvalue weighted by Gasteiger charge is 2.43. The van der Waals surface area contributed by atoms with E-state index in [2.05, 4.69) is 9.97 Å². The van der Waals surface area contributed by atoms with E-state index in [1.54, 1.807) is 36.4 Å². The molecule has 1 aromatic heterocycles. The highest BCUT2D eigenvalue weighted by Crippen LogP contribution is 2.38. The third kappa shape index (κ3) is 6.42. The number of anilines is 1. The number of carboxylic acid groups (broad SMARTS) is 1. The number of alkyl halides is 3. The zero-order valence-corrected chi connectivity index (χ0v) is 19.4. The minimum atomic E-state index is -4.72. The molecule has 0 aliphatic carbocycles. The first kappa shape index (κ1) is 25.6. The van der Waals surface area contributed by atoms with E-state index in [1.165, 1.54) is 18.2 Å². The van der Waals surface area contributed by atoms with Crippen LogP contribution in [0.1, 0.15) is 17.2 Å². The lowest BCUT2D eigenvalue weighted by Crippen LogP contribution is -2.32. The van der Waals surface area contributed by atoms with Gasteiger partial charge in [-0.3, -0.25) is 4.79 Å². The van der Waals surface area contributed by atoms with Crippen LogP contribution in [0.5, 0.6) is 5.88 Å². The average molecular weight is 509 g/mol. The van der Waals surface area contributed by atoms with E-state index < -0.39 is 24.3 Å². The first-order chi connectivity index (χ1) is 17.6. The van der Waals surface area contributed by atoms with Gasteiger partial charge in [-0.05, 0) is 23.1 Å². The fourth-order valence-electron chi connectivity index (χ4n) is 3.73. The number of nitrogens with two attached hydrogens (primary N) is 2. The van der Waals surface area contributed by atoms with Crippen LogP contribution in [-0.2, 0) is 11.2 Å². The predicted molar refractivity (Wildman–Crippen MR) is 132 cm³/mol. The van der Waals surface area contributed by atoms with E-state index in [9.17, 15) is 18.0 Å². The third-order valence-electron chi connectivity index (χ3n) is 5.60. The van der Waals surface area contributed by atoms with Crippen LogP contribution >= 0.6 is 0 Å². The minimum Gasteiger partial charge on any atom is -0.480 e. The minimum absolute atomic E-state index is 0.0926. The van der Waals surface area contributed by atoms with Crippen LogP contribution in [0, 0.1) is 0 Å². The van der Waals surface area contributed by atoms with Gasteiger partial charge in [0.15, 0.2) is 0 Å². The summed E-state index contributed by atoms with van der Waals surface area (Å²) in [5.74, 6) is -1.72. The SMILES string of the molecule is Nc1nc(O[C@H](c2ccc(-c3ccccc3)cc2)C(F)(F)F)cc(-c2ccc(C[C@H](N)C(=O)O)cc2)n1. The van der Waals surface area contributed by atoms with Gasteiger partial charge >= 0.3 is 12.1 Å². The second-order valence-corrected chi connectivity index (χ2v) is 8.32. The number of benzene rings is 3. The number of carboxylic acids is 1. The van der Waals surface area contributed by atoms with Gasteiger partial charge in [-0.15, -0.1) is 0 Å². The maximum absolute atomic E-state index is 14.0. The van der Waals surface area contributed by atoms with Crippen LogP contribution in [0.4, 0.5) is 19.1 Å². The van der Waals surface area contributed by atoms with Gasteiger partial charge in [-0.2, -0.15) is 18.2 Å². The number of nitrogens with zero attached hydrogens (tertiary/aromatic N) is 2. The van der Waals surface area contributed by atoms with Crippen molar-refractivity contribution in [3.05, 3.63) is 96.1 Å². The summed E-state index contributed by atoms with van der Waals surface area (Å²) in [7, 11) is 0. The van der Waals surface area contributed by atoms with Crippen molar-refractivity contribution >= 4 is 11.9 Å². The number of hydrogen-bond donors (Lipinski definition) is 3. The fourth-order valence-corrected chi connectivity index (χ4v) is 3.73. The number of halogens is 3. The van der Waals surface area contributed by atoms with Crippen molar-refractivity contribution in [1.82, 2.24) is 9.97 Å². The molecule has 7 nitrogen and oxygen atoms in total. The molecular weight excluding hydrogens is 485 g/mol. The Hall–Kier alpha value is -4.44. The smallest absolute Gasteiger partial charge is 0.429 e. The van der Waals surface area contributed by atoms with Gasteiger partial charge in [-0.1, -0.05) is 78.9 Å². The molecule has 0 aliphatic rings. The summed E-state index contributed by atoms with van der Waals surface area (Å²) < 4.78 is 47.3. The highest BCUT2D eigenvalue weighted by molar-refractivity contribution is 5.73. The van der Waals surface area contributed by atoms with Crippen LogP contribution in [0.3, 0.4) is 0 Å². The Bertz CT molecular complexity index is 1360. The fraction of sp³-hybridized carbons (Fsp3) is 0.148. The molecule has 4 rings (SSSR count). The first-order valence-corrected chi connectivity index (χ1v) is 11.2. The van der Waals surface area contributed by atoms with Gasteiger partial charge in [-0.25, -0.2) is 4.98 Å². The van der Waals surface area contributed by atoms with Gasteiger partial charge in [0.1, 0.15) is 6.04 Å². The summed E-state index contributed by atoms with van der Waals surface area (Å²) in [5.41, 5.74) is 14.3. The quantitative estimate of drug-likeness (QED) is 0.305. The lowest BCUT2D eigenvalue weighted by Gasteiger charge is -2.22. The molecule has 2 atom stereocenters. The Labute approximate surface area is 210 Å². The summed E-state index contributed by atoms with van der Waals surface area (Å²) >= 11 is 0. The molecule has 0 radical (unpaired) electrons. The number of aliphatic carboxylic acids is 1. The maximum atomic E-state index is 14.0. The number of carbonyl (C=O) groups is 1. The topological polar surface area (TPSA) is 124 Å². The van der Waals surface area contributed by atoms with Crippen molar-refractivity contribution < 1.29 is 27.8 Å². The number of aromatic nitrogens is 2. The number of nitrogen functional groups attached to an aromatic ring is 1. The van der Waals surface area contributed by atoms with Crippen LogP contribution < -0.4 is 16.2 Å². The molecule has 0 amide bonds. The molecule has 10 heteroatoms. The molecule has 190 valence electrons. The molecule has 0 saturated carbocycles. The Morgan fingerprint density at radius 1 is 0.892 bits per heavy atom. The summed E-state index contributed by atoms with van der Waals surface area (Å²) in [4.78, 5) is 18.9. The average Bonchev–Trinajstić information content (AvgIpc) is 2.87. The zero-order chi connectivity index (χ0) is 26.6. The molecule has 0 unspecified atom stereocenters. The van der Waals surface area contributed by atoms with E-state index in [1.807, 2.05) is 30.3 Å². The van der Waals surface area contributed by atoms with Crippen LogP contribution in [0.2, 0.25) is 0 Å². The van der Waals surface area contributed by atoms with Crippen molar-refractivity contribution in [2.24, 2.45) is 5.73 Å². The molecule has 3 aromatic carbocycles. The molecule has 37 heavy (non-hydrogen) atoms. The van der Waals surface area contributed by atoms with Crippen molar-refractivity contribution in [3.8, 4) is 28.3 Å². The molecule has 1 heterocycles. The largest absolute Gasteiger partial charge is 0.480 e. The van der Waals surface area contributed by atoms with E-state index >= 15 is 0 Å². The van der Waals surface area contributed by atoms with Crippen LogP contribution in [0.15, 0.2) is 84.9 Å². The number of hydrogen-bond acceptors (Lipinski definition) is 6. The van der Waals surface area contributed by atoms with E-state index in [0.29, 0.717) is 11.1 Å². The van der Waals surface area contributed by atoms with Crippen LogP contribution in [-0.4, -0.2) is 33.3 Å². The first-order valence-electron chi connectivity index (χ1n) is 11.2. The van der Waals surface area contributed by atoms with Crippen molar-refractivity contribution in [3.63, 3.8) is 0 Å². The van der Waals surface area contributed by atoms with Crippen molar-refractivity contribution in [2.75, 3.05) is 5.73 Å². The second kappa shape index (κ2) is 10.7. The summed E-state index contributed by atoms with van der Waals surface area (Å²) in [5, 5.41) is 8.96. The van der Waals surface area contributed by atoms with Gasteiger partial charge in [0.2, 0.25) is 17.9 Å². The number of rotatable bonds is 8. The lowest BCUT2D eigenvalue weighted by atomic mass is 10.0. The number of ether oxygens (including phenoxy) is 1. The van der Waals surface area contributed by atoms with Gasteiger partial charge in [0.25, 0.3) is 0 Å². The summed E-state index contributed by atoms with van der Waals surface area (Å²) in [6.45, 7) is 0. The van der Waals surface area contributed by atoms with Gasteiger partial charge in [0, 0.05) is 17.2 Å². The van der Waals surface area contributed by atoms with E-state index in [-0.39, 0.29) is 29.5 Å². The Kier molecular flexibility index (Phi) is 7.40. The Balaban J connectivity index is 1.58. The van der Waals surface area contributed by atoms with Crippen molar-refractivity contribution in [2.45, 2.75) is 24.7 Å². The van der Waals surface area contributed by atoms with E-state index in [4.69, 9.17) is 21.3 Å². The molecule has 0 saturated heterocycles. The second-order valence-electron chi connectivity index (χ2n) is 8.32. The molecule has 0 bridgehead atoms.